The van der Waals surface area contributed by atoms with Gasteiger partial charge in [0.1, 0.15) is 17.9 Å². The Labute approximate surface area is 97.0 Å². The van der Waals surface area contributed by atoms with Gasteiger partial charge >= 0.3 is 5.69 Å². The van der Waals surface area contributed by atoms with Gasteiger partial charge in [-0.15, -0.1) is 0 Å². The number of hydrogen-bond donors (Lipinski definition) is 3. The third kappa shape index (κ3) is 2.66. The Kier molecular flexibility index (Phi) is 3.13. The van der Waals surface area contributed by atoms with Gasteiger partial charge in [-0.05, 0) is 12.1 Å². The van der Waals surface area contributed by atoms with E-state index in [1.807, 2.05) is 0 Å². The van der Waals surface area contributed by atoms with Crippen molar-refractivity contribution in [3.8, 4) is 5.75 Å². The zero-order valence-corrected chi connectivity index (χ0v) is 9.37. The van der Waals surface area contributed by atoms with Crippen LogP contribution in [0.1, 0.15) is 6.92 Å². The Morgan fingerprint density at radius 3 is 3.00 bits per heavy atom. The Balaban J connectivity index is 2.08. The fraction of sp³-hybridized carbons (Fsp3) is 0.273. The maximum absolute atomic E-state index is 11.1. The van der Waals surface area contributed by atoms with Crippen LogP contribution in [0.15, 0.2) is 23.0 Å². The molecule has 17 heavy (non-hydrogen) atoms. The lowest BCUT2D eigenvalue weighted by molar-refractivity contribution is -0.119. The van der Waals surface area contributed by atoms with Crippen molar-refractivity contribution in [3.05, 3.63) is 28.7 Å². The summed E-state index contributed by atoms with van der Waals surface area (Å²) in [5.41, 5.74) is 1.07. The molecule has 0 aliphatic rings. The average molecular weight is 235 g/mol. The molecule has 0 fully saturated rings. The maximum atomic E-state index is 11.1. The van der Waals surface area contributed by atoms with Crippen LogP contribution in [0.4, 0.5) is 0 Å². The highest BCUT2D eigenvalue weighted by molar-refractivity contribution is 5.81. The molecule has 1 aromatic heterocycles. The number of amides is 1. The molecule has 2 rings (SSSR count). The third-order valence-corrected chi connectivity index (χ3v) is 2.25. The highest BCUT2D eigenvalue weighted by atomic mass is 16.5. The van der Waals surface area contributed by atoms with Gasteiger partial charge in [0.2, 0.25) is 5.91 Å². The standard InChI is InChI=1S/C11H13N3O3/c1-7(15)12-5-6-17-9-4-2-3-8-10(9)14-11(16)13-8/h2-4H,5-6H2,1H3,(H,12,15)(H2,13,14,16). The van der Waals surface area contributed by atoms with Crippen LogP contribution in [-0.2, 0) is 4.79 Å². The summed E-state index contributed by atoms with van der Waals surface area (Å²) in [4.78, 5) is 27.1. The molecule has 0 unspecified atom stereocenters. The number of aromatic amines is 2. The number of hydrogen-bond acceptors (Lipinski definition) is 3. The highest BCUT2D eigenvalue weighted by Gasteiger charge is 2.04. The Morgan fingerprint density at radius 2 is 2.24 bits per heavy atom. The number of H-pyrrole nitrogens is 2. The molecule has 1 heterocycles. The summed E-state index contributed by atoms with van der Waals surface area (Å²) >= 11 is 0. The van der Waals surface area contributed by atoms with Gasteiger partial charge in [0.05, 0.1) is 12.1 Å². The number of rotatable bonds is 4. The van der Waals surface area contributed by atoms with Gasteiger partial charge in [-0.2, -0.15) is 0 Å². The third-order valence-electron chi connectivity index (χ3n) is 2.25. The van der Waals surface area contributed by atoms with Crippen LogP contribution in [0.2, 0.25) is 0 Å². The number of aromatic nitrogens is 2. The van der Waals surface area contributed by atoms with E-state index < -0.39 is 0 Å². The van der Waals surface area contributed by atoms with Crippen molar-refractivity contribution in [2.45, 2.75) is 6.92 Å². The van der Waals surface area contributed by atoms with Crippen molar-refractivity contribution < 1.29 is 9.53 Å². The molecule has 6 heteroatoms. The van der Waals surface area contributed by atoms with Gasteiger partial charge in [0.25, 0.3) is 0 Å². The van der Waals surface area contributed by atoms with E-state index in [1.165, 1.54) is 6.92 Å². The number of nitrogens with one attached hydrogen (secondary N) is 3. The summed E-state index contributed by atoms with van der Waals surface area (Å²) in [6, 6.07) is 5.34. The molecule has 0 spiro atoms. The zero-order valence-electron chi connectivity index (χ0n) is 9.37. The molecule has 1 amide bonds. The molecular formula is C11H13N3O3. The summed E-state index contributed by atoms with van der Waals surface area (Å²) in [6.07, 6.45) is 0. The molecule has 1 aromatic carbocycles. The Bertz CT molecular complexity index is 585. The number of fused-ring (bicyclic) bond motifs is 1. The maximum Gasteiger partial charge on any atom is 0.323 e. The SMILES string of the molecule is CC(=O)NCCOc1cccc2[nH]c(=O)[nH]c12. The lowest BCUT2D eigenvalue weighted by Crippen LogP contribution is -2.25. The van der Waals surface area contributed by atoms with Crippen molar-refractivity contribution in [2.75, 3.05) is 13.2 Å². The van der Waals surface area contributed by atoms with E-state index >= 15 is 0 Å². The summed E-state index contributed by atoms with van der Waals surface area (Å²) in [6.45, 7) is 2.23. The second-order valence-corrected chi connectivity index (χ2v) is 3.59. The quantitative estimate of drug-likeness (QED) is 0.669. The molecule has 0 saturated heterocycles. The fourth-order valence-corrected chi connectivity index (χ4v) is 1.54. The first-order chi connectivity index (χ1) is 8.16. The van der Waals surface area contributed by atoms with E-state index in [2.05, 4.69) is 15.3 Å². The van der Waals surface area contributed by atoms with E-state index in [1.54, 1.807) is 18.2 Å². The van der Waals surface area contributed by atoms with E-state index in [0.29, 0.717) is 29.9 Å². The zero-order chi connectivity index (χ0) is 12.3. The van der Waals surface area contributed by atoms with E-state index in [-0.39, 0.29) is 11.6 Å². The first-order valence-electron chi connectivity index (χ1n) is 5.25. The second-order valence-electron chi connectivity index (χ2n) is 3.59. The summed E-state index contributed by atoms with van der Waals surface area (Å²) < 4.78 is 5.48. The Hall–Kier alpha value is -2.24. The van der Waals surface area contributed by atoms with Crippen LogP contribution in [-0.4, -0.2) is 29.0 Å². The predicted molar refractivity (Wildman–Crippen MR) is 63.1 cm³/mol. The lowest BCUT2D eigenvalue weighted by Gasteiger charge is -2.06. The molecule has 0 bridgehead atoms. The molecule has 90 valence electrons. The van der Waals surface area contributed by atoms with Gasteiger partial charge in [-0.1, -0.05) is 6.07 Å². The molecule has 2 aromatic rings. The Morgan fingerprint density at radius 1 is 1.41 bits per heavy atom. The van der Waals surface area contributed by atoms with Crippen molar-refractivity contribution in [3.63, 3.8) is 0 Å². The minimum atomic E-state index is -0.266. The smallest absolute Gasteiger partial charge is 0.323 e. The van der Waals surface area contributed by atoms with Crippen LogP contribution in [0.3, 0.4) is 0 Å². The van der Waals surface area contributed by atoms with Crippen LogP contribution >= 0.6 is 0 Å². The summed E-state index contributed by atoms with van der Waals surface area (Å²) in [7, 11) is 0. The van der Waals surface area contributed by atoms with E-state index in [9.17, 15) is 9.59 Å². The molecule has 0 aliphatic carbocycles. The van der Waals surface area contributed by atoms with Gasteiger partial charge in [-0.3, -0.25) is 4.79 Å². The molecule has 3 N–H and O–H groups in total. The molecular weight excluding hydrogens is 222 g/mol. The average Bonchev–Trinajstić information content (AvgIpc) is 2.65. The van der Waals surface area contributed by atoms with Crippen LogP contribution in [0.5, 0.6) is 5.75 Å². The largest absolute Gasteiger partial charge is 0.489 e. The van der Waals surface area contributed by atoms with E-state index in [4.69, 9.17) is 4.74 Å². The van der Waals surface area contributed by atoms with Crippen molar-refractivity contribution >= 4 is 16.9 Å². The minimum Gasteiger partial charge on any atom is -0.489 e. The van der Waals surface area contributed by atoms with Crippen LogP contribution in [0.25, 0.3) is 11.0 Å². The van der Waals surface area contributed by atoms with Crippen molar-refractivity contribution in [2.24, 2.45) is 0 Å². The number of ether oxygens (including phenoxy) is 1. The fourth-order valence-electron chi connectivity index (χ4n) is 1.54. The molecule has 0 aliphatic heterocycles. The van der Waals surface area contributed by atoms with Gasteiger partial charge in [0.15, 0.2) is 0 Å². The normalized spacial score (nSPS) is 10.4. The highest BCUT2D eigenvalue weighted by Crippen LogP contribution is 2.20. The summed E-state index contributed by atoms with van der Waals surface area (Å²) in [5.74, 6) is 0.494. The first kappa shape index (κ1) is 11.3. The van der Waals surface area contributed by atoms with Gasteiger partial charge in [0, 0.05) is 6.92 Å². The summed E-state index contributed by atoms with van der Waals surface area (Å²) in [5, 5.41) is 2.63. The topological polar surface area (TPSA) is 87.0 Å². The number of carbonyl (C=O) groups is 1. The number of para-hydroxylation sites is 1. The van der Waals surface area contributed by atoms with Crippen molar-refractivity contribution in [1.82, 2.24) is 15.3 Å². The van der Waals surface area contributed by atoms with Crippen molar-refractivity contribution in [1.29, 1.82) is 0 Å². The molecule has 6 nitrogen and oxygen atoms in total. The lowest BCUT2D eigenvalue weighted by atomic mass is 10.3. The number of carbonyl (C=O) groups excluding carboxylic acids is 1. The number of imidazole rings is 1. The molecule has 0 saturated carbocycles. The van der Waals surface area contributed by atoms with Crippen LogP contribution in [0, 0.1) is 0 Å². The van der Waals surface area contributed by atoms with Crippen LogP contribution < -0.4 is 15.7 Å². The van der Waals surface area contributed by atoms with Gasteiger partial charge in [-0.25, -0.2) is 4.79 Å². The van der Waals surface area contributed by atoms with E-state index in [0.717, 1.165) is 0 Å². The first-order valence-corrected chi connectivity index (χ1v) is 5.25. The monoisotopic (exact) mass is 235 g/mol. The number of benzene rings is 1. The van der Waals surface area contributed by atoms with Gasteiger partial charge < -0.3 is 20.0 Å². The molecule has 0 radical (unpaired) electrons. The molecule has 0 atom stereocenters. The predicted octanol–water partition coefficient (Wildman–Crippen LogP) is 0.371. The minimum absolute atomic E-state index is 0.0955. The second kappa shape index (κ2) is 4.73.